The lowest BCUT2D eigenvalue weighted by Crippen LogP contribution is -2.37. The van der Waals surface area contributed by atoms with E-state index < -0.39 is 23.8 Å². The maximum absolute atomic E-state index is 13.7. The van der Waals surface area contributed by atoms with Gasteiger partial charge in [0.1, 0.15) is 17.4 Å². The molecular weight excluding hydrogens is 420 g/mol. The second kappa shape index (κ2) is 9.17. The zero-order valence-corrected chi connectivity index (χ0v) is 19.4. The second-order valence-corrected chi connectivity index (χ2v) is 9.55. The summed E-state index contributed by atoms with van der Waals surface area (Å²) in [7, 11) is 3.55. The summed E-state index contributed by atoms with van der Waals surface area (Å²) in [4.78, 5) is 2.02. The molecule has 1 aliphatic rings. The van der Waals surface area contributed by atoms with Crippen LogP contribution in [-0.4, -0.2) is 30.2 Å². The predicted molar refractivity (Wildman–Crippen MR) is 121 cm³/mol. The molecule has 0 spiro atoms. The molecule has 0 heterocycles. The summed E-state index contributed by atoms with van der Waals surface area (Å²) in [5, 5.41) is 11.6. The molecule has 2 aromatic carbocycles. The average molecular weight is 450 g/mol. The molecule has 0 bridgehead atoms. The van der Waals surface area contributed by atoms with Gasteiger partial charge in [-0.25, -0.2) is 8.78 Å². The number of allylic oxidation sites excluding steroid dienone is 2. The van der Waals surface area contributed by atoms with Crippen LogP contribution in [0.2, 0.25) is 5.02 Å². The first-order valence-electron chi connectivity index (χ1n) is 10.5. The second-order valence-electron chi connectivity index (χ2n) is 9.11. The zero-order chi connectivity index (χ0) is 22.9. The number of hydrogen-bond acceptors (Lipinski definition) is 3. The summed E-state index contributed by atoms with van der Waals surface area (Å²) in [6, 6.07) is 8.31. The topological polar surface area (TPSA) is 32.7 Å². The van der Waals surface area contributed by atoms with Gasteiger partial charge < -0.3 is 14.7 Å². The van der Waals surface area contributed by atoms with Crippen LogP contribution in [0.4, 0.5) is 8.78 Å². The SMILES string of the molecule is COc1ccc(Cl)cc1C1=C(N(C)[C@@H](C)[C@H](O)c2cc(F)cc(F)c2)CC(C)(C)CC1. The van der Waals surface area contributed by atoms with Crippen LogP contribution in [-0.2, 0) is 0 Å². The van der Waals surface area contributed by atoms with Gasteiger partial charge in [0, 0.05) is 29.4 Å². The lowest BCUT2D eigenvalue weighted by Gasteiger charge is -2.41. The van der Waals surface area contributed by atoms with Gasteiger partial charge in [-0.3, -0.25) is 0 Å². The van der Waals surface area contributed by atoms with Crippen molar-refractivity contribution in [3.05, 3.63) is 69.9 Å². The van der Waals surface area contributed by atoms with Gasteiger partial charge >= 0.3 is 0 Å². The van der Waals surface area contributed by atoms with Crippen molar-refractivity contribution in [2.75, 3.05) is 14.2 Å². The summed E-state index contributed by atoms with van der Waals surface area (Å²) in [6.07, 6.45) is 1.57. The molecule has 0 aliphatic heterocycles. The van der Waals surface area contributed by atoms with Crippen molar-refractivity contribution < 1.29 is 18.6 Å². The fourth-order valence-electron chi connectivity index (χ4n) is 4.28. The van der Waals surface area contributed by atoms with E-state index in [1.807, 2.05) is 31.0 Å². The van der Waals surface area contributed by atoms with Crippen LogP contribution >= 0.6 is 11.6 Å². The summed E-state index contributed by atoms with van der Waals surface area (Å²) in [6.45, 7) is 6.29. The Morgan fingerprint density at radius 3 is 2.39 bits per heavy atom. The lowest BCUT2D eigenvalue weighted by atomic mass is 9.74. The van der Waals surface area contributed by atoms with Crippen LogP contribution in [0.25, 0.3) is 5.57 Å². The Kier molecular flexibility index (Phi) is 6.97. The molecule has 2 aromatic rings. The summed E-state index contributed by atoms with van der Waals surface area (Å²) < 4.78 is 33.0. The highest BCUT2D eigenvalue weighted by atomic mass is 35.5. The van der Waals surface area contributed by atoms with Crippen molar-refractivity contribution in [2.24, 2.45) is 5.41 Å². The van der Waals surface area contributed by atoms with Crippen molar-refractivity contribution in [1.82, 2.24) is 4.90 Å². The summed E-state index contributed by atoms with van der Waals surface area (Å²) >= 11 is 6.30. The van der Waals surface area contributed by atoms with E-state index in [4.69, 9.17) is 16.3 Å². The van der Waals surface area contributed by atoms with E-state index in [9.17, 15) is 13.9 Å². The first-order chi connectivity index (χ1) is 14.5. The number of benzene rings is 2. The third-order valence-corrected chi connectivity index (χ3v) is 6.49. The largest absolute Gasteiger partial charge is 0.496 e. The molecule has 3 rings (SSSR count). The van der Waals surface area contributed by atoms with E-state index in [1.165, 1.54) is 12.1 Å². The van der Waals surface area contributed by atoms with Crippen LogP contribution in [0.3, 0.4) is 0 Å². The van der Waals surface area contributed by atoms with Crippen LogP contribution in [0.1, 0.15) is 57.3 Å². The predicted octanol–water partition coefficient (Wildman–Crippen LogP) is 6.60. The van der Waals surface area contributed by atoms with Gasteiger partial charge in [-0.15, -0.1) is 0 Å². The van der Waals surface area contributed by atoms with E-state index in [2.05, 4.69) is 13.8 Å². The minimum atomic E-state index is -1.06. The minimum Gasteiger partial charge on any atom is -0.496 e. The molecule has 0 radical (unpaired) electrons. The monoisotopic (exact) mass is 449 g/mol. The van der Waals surface area contributed by atoms with Gasteiger partial charge in [-0.2, -0.15) is 0 Å². The van der Waals surface area contributed by atoms with Crippen LogP contribution in [0.15, 0.2) is 42.1 Å². The van der Waals surface area contributed by atoms with Gasteiger partial charge in [0.25, 0.3) is 0 Å². The normalized spacial score (nSPS) is 18.0. The number of aliphatic hydroxyl groups excluding tert-OH is 1. The third-order valence-electron chi connectivity index (χ3n) is 6.25. The molecule has 0 saturated carbocycles. The molecule has 0 fully saturated rings. The lowest BCUT2D eigenvalue weighted by molar-refractivity contribution is 0.0821. The first-order valence-corrected chi connectivity index (χ1v) is 10.8. The number of halogens is 3. The van der Waals surface area contributed by atoms with Crippen molar-refractivity contribution >= 4 is 17.2 Å². The van der Waals surface area contributed by atoms with Crippen molar-refractivity contribution in [3.8, 4) is 5.75 Å². The molecule has 0 saturated heterocycles. The quantitative estimate of drug-likeness (QED) is 0.539. The highest BCUT2D eigenvalue weighted by molar-refractivity contribution is 6.30. The van der Waals surface area contributed by atoms with Gasteiger partial charge in [0.2, 0.25) is 0 Å². The van der Waals surface area contributed by atoms with Gasteiger partial charge in [0.05, 0.1) is 19.3 Å². The third kappa shape index (κ3) is 5.21. The number of rotatable bonds is 6. The fourth-order valence-corrected chi connectivity index (χ4v) is 4.45. The Balaban J connectivity index is 2.05. The molecular formula is C25H30ClF2NO2. The molecule has 0 aromatic heterocycles. The van der Waals surface area contributed by atoms with E-state index in [-0.39, 0.29) is 11.0 Å². The first kappa shape index (κ1) is 23.6. The summed E-state index contributed by atoms with van der Waals surface area (Å²) in [5.74, 6) is -0.664. The Labute approximate surface area is 188 Å². The van der Waals surface area contributed by atoms with E-state index in [1.54, 1.807) is 13.2 Å². The molecule has 1 aliphatic carbocycles. The number of ether oxygens (including phenoxy) is 1. The van der Waals surface area contributed by atoms with E-state index in [0.717, 1.165) is 47.9 Å². The molecule has 31 heavy (non-hydrogen) atoms. The Morgan fingerprint density at radius 2 is 1.77 bits per heavy atom. The van der Waals surface area contributed by atoms with E-state index in [0.29, 0.717) is 5.02 Å². The molecule has 0 amide bonds. The van der Waals surface area contributed by atoms with Gasteiger partial charge in [-0.1, -0.05) is 25.4 Å². The molecule has 168 valence electrons. The van der Waals surface area contributed by atoms with Crippen LogP contribution in [0.5, 0.6) is 5.75 Å². The van der Waals surface area contributed by atoms with Crippen molar-refractivity contribution in [2.45, 2.75) is 52.2 Å². The number of nitrogens with zero attached hydrogens (tertiary/aromatic N) is 1. The standard InChI is InChI=1S/C25H30ClF2NO2/c1-15(24(30)16-10-18(27)13-19(28)11-16)29(4)22-14-25(2,3)9-8-20(22)21-12-17(26)6-7-23(21)31-5/h6-7,10-13,15,24,30H,8-9,14H2,1-5H3/t15-,24-/m0/s1. The highest BCUT2D eigenvalue weighted by Crippen LogP contribution is 2.46. The van der Waals surface area contributed by atoms with Gasteiger partial charge in [0.15, 0.2) is 0 Å². The zero-order valence-electron chi connectivity index (χ0n) is 18.7. The average Bonchev–Trinajstić information content (AvgIpc) is 2.70. The van der Waals surface area contributed by atoms with Crippen LogP contribution in [0, 0.1) is 17.0 Å². The maximum atomic E-state index is 13.7. The van der Waals surface area contributed by atoms with Crippen molar-refractivity contribution in [1.29, 1.82) is 0 Å². The van der Waals surface area contributed by atoms with E-state index >= 15 is 0 Å². The smallest absolute Gasteiger partial charge is 0.126 e. The fraction of sp³-hybridized carbons (Fsp3) is 0.440. The van der Waals surface area contributed by atoms with Crippen LogP contribution < -0.4 is 4.74 Å². The maximum Gasteiger partial charge on any atom is 0.126 e. The number of likely N-dealkylation sites (N-methyl/N-ethyl adjacent to an activating group) is 1. The Morgan fingerprint density at radius 1 is 1.13 bits per heavy atom. The molecule has 2 atom stereocenters. The molecule has 6 heteroatoms. The van der Waals surface area contributed by atoms with Crippen molar-refractivity contribution in [3.63, 3.8) is 0 Å². The molecule has 3 nitrogen and oxygen atoms in total. The molecule has 0 unspecified atom stereocenters. The number of methoxy groups -OCH3 is 1. The Bertz CT molecular complexity index is 969. The minimum absolute atomic E-state index is 0.0779. The number of aliphatic hydroxyl groups is 1. The number of hydrogen-bond donors (Lipinski definition) is 1. The Hall–Kier alpha value is -2.11. The summed E-state index contributed by atoms with van der Waals surface area (Å²) in [5.41, 5.74) is 3.42. The van der Waals surface area contributed by atoms with Gasteiger partial charge in [-0.05, 0) is 73.1 Å². The molecule has 1 N–H and O–H groups in total. The highest BCUT2D eigenvalue weighted by Gasteiger charge is 2.33.